The van der Waals surface area contributed by atoms with Gasteiger partial charge in [-0.25, -0.2) is 4.39 Å². The first-order valence-corrected chi connectivity index (χ1v) is 9.82. The monoisotopic (exact) mass is 507 g/mol. The van der Waals surface area contributed by atoms with Crippen LogP contribution in [-0.2, 0) is 11.3 Å². The van der Waals surface area contributed by atoms with Crippen LogP contribution in [0.15, 0.2) is 23.2 Å². The third-order valence-electron chi connectivity index (χ3n) is 4.81. The molecule has 0 amide bonds. The van der Waals surface area contributed by atoms with Crippen LogP contribution in [0.25, 0.3) is 0 Å². The summed E-state index contributed by atoms with van der Waals surface area (Å²) in [4.78, 5) is 4.28. The van der Waals surface area contributed by atoms with Crippen molar-refractivity contribution in [1.82, 2.24) is 10.6 Å². The summed E-state index contributed by atoms with van der Waals surface area (Å²) in [5.74, 6) is 1.10. The molecular formula is C21H35FIN3O2. The topological polar surface area (TPSA) is 54.9 Å². The SMILES string of the molecule is CCOc1ccc(CNC(=NC)NCC2CCCOC2C(C)(C)C)cc1F.I. The van der Waals surface area contributed by atoms with Gasteiger partial charge in [0.25, 0.3) is 0 Å². The van der Waals surface area contributed by atoms with E-state index in [4.69, 9.17) is 9.47 Å². The molecule has 2 atom stereocenters. The van der Waals surface area contributed by atoms with Gasteiger partial charge in [0.15, 0.2) is 17.5 Å². The molecule has 160 valence electrons. The average Bonchev–Trinajstić information content (AvgIpc) is 2.63. The highest BCUT2D eigenvalue weighted by atomic mass is 127. The first-order chi connectivity index (χ1) is 12.8. The number of nitrogens with zero attached hydrogens (tertiary/aromatic N) is 1. The summed E-state index contributed by atoms with van der Waals surface area (Å²) < 4.78 is 25.3. The van der Waals surface area contributed by atoms with E-state index in [9.17, 15) is 4.39 Å². The van der Waals surface area contributed by atoms with E-state index < -0.39 is 0 Å². The molecule has 5 nitrogen and oxygen atoms in total. The van der Waals surface area contributed by atoms with Crippen LogP contribution >= 0.6 is 24.0 Å². The highest BCUT2D eigenvalue weighted by Crippen LogP contribution is 2.33. The van der Waals surface area contributed by atoms with Gasteiger partial charge in [-0.05, 0) is 42.9 Å². The van der Waals surface area contributed by atoms with Crippen LogP contribution in [0.4, 0.5) is 4.39 Å². The third-order valence-corrected chi connectivity index (χ3v) is 4.81. The Labute approximate surface area is 185 Å². The van der Waals surface area contributed by atoms with Crippen molar-refractivity contribution >= 4 is 29.9 Å². The minimum Gasteiger partial charge on any atom is -0.491 e. The van der Waals surface area contributed by atoms with E-state index in [1.54, 1.807) is 13.1 Å². The Morgan fingerprint density at radius 1 is 1.32 bits per heavy atom. The largest absolute Gasteiger partial charge is 0.491 e. The predicted molar refractivity (Wildman–Crippen MR) is 123 cm³/mol. The second-order valence-electron chi connectivity index (χ2n) is 8.06. The number of hydrogen-bond acceptors (Lipinski definition) is 3. The van der Waals surface area contributed by atoms with Crippen molar-refractivity contribution in [3.63, 3.8) is 0 Å². The van der Waals surface area contributed by atoms with E-state index in [-0.39, 0.29) is 47.1 Å². The molecule has 1 aromatic carbocycles. The normalized spacial score (nSPS) is 20.3. The van der Waals surface area contributed by atoms with Crippen molar-refractivity contribution in [1.29, 1.82) is 0 Å². The van der Waals surface area contributed by atoms with Gasteiger partial charge < -0.3 is 20.1 Å². The quantitative estimate of drug-likeness (QED) is 0.342. The summed E-state index contributed by atoms with van der Waals surface area (Å²) >= 11 is 0. The lowest BCUT2D eigenvalue weighted by Crippen LogP contribution is -2.47. The first-order valence-electron chi connectivity index (χ1n) is 9.82. The fourth-order valence-electron chi connectivity index (χ4n) is 3.57. The number of hydrogen-bond donors (Lipinski definition) is 2. The number of nitrogens with one attached hydrogen (secondary N) is 2. The average molecular weight is 507 g/mol. The molecule has 2 N–H and O–H groups in total. The fourth-order valence-corrected chi connectivity index (χ4v) is 3.57. The first kappa shape index (κ1) is 24.9. The molecule has 0 aliphatic carbocycles. The van der Waals surface area contributed by atoms with Crippen LogP contribution < -0.4 is 15.4 Å². The molecule has 0 radical (unpaired) electrons. The van der Waals surface area contributed by atoms with E-state index in [1.807, 2.05) is 13.0 Å². The summed E-state index contributed by atoms with van der Waals surface area (Å²) in [7, 11) is 1.74. The van der Waals surface area contributed by atoms with Gasteiger partial charge in [-0.2, -0.15) is 0 Å². The standard InChI is InChI=1S/C21H34FN3O2.HI/c1-6-26-18-10-9-15(12-17(18)22)13-24-20(23-5)25-14-16-8-7-11-27-19(16)21(2,3)4;/h9-10,12,16,19H,6-8,11,13-14H2,1-5H3,(H2,23,24,25);1H. The van der Waals surface area contributed by atoms with Crippen molar-refractivity contribution in [2.45, 2.75) is 53.2 Å². The molecule has 1 aromatic rings. The zero-order valence-corrected chi connectivity index (χ0v) is 20.0. The zero-order valence-electron chi connectivity index (χ0n) is 17.7. The summed E-state index contributed by atoms with van der Waals surface area (Å²) in [5, 5.41) is 6.65. The van der Waals surface area contributed by atoms with Crippen LogP contribution in [0.1, 0.15) is 46.1 Å². The molecular weight excluding hydrogens is 472 g/mol. The maximum absolute atomic E-state index is 14.0. The van der Waals surface area contributed by atoms with Gasteiger partial charge in [-0.15, -0.1) is 24.0 Å². The second-order valence-corrected chi connectivity index (χ2v) is 8.06. The number of guanidine groups is 1. The lowest BCUT2D eigenvalue weighted by molar-refractivity contribution is -0.0835. The molecule has 1 fully saturated rings. The Kier molecular flexibility index (Phi) is 10.5. The van der Waals surface area contributed by atoms with Crippen molar-refractivity contribution in [2.75, 3.05) is 26.8 Å². The van der Waals surface area contributed by atoms with E-state index in [0.717, 1.165) is 31.6 Å². The van der Waals surface area contributed by atoms with E-state index in [2.05, 4.69) is 36.4 Å². The molecule has 1 aliphatic heterocycles. The lowest BCUT2D eigenvalue weighted by atomic mass is 9.78. The van der Waals surface area contributed by atoms with Gasteiger partial charge >= 0.3 is 0 Å². The number of halogens is 2. The predicted octanol–water partition coefficient (Wildman–Crippen LogP) is 4.35. The van der Waals surface area contributed by atoms with Crippen LogP contribution in [0.3, 0.4) is 0 Å². The Morgan fingerprint density at radius 3 is 2.68 bits per heavy atom. The number of rotatable bonds is 6. The van der Waals surface area contributed by atoms with Crippen LogP contribution in [0.5, 0.6) is 5.75 Å². The molecule has 1 aliphatic rings. The maximum Gasteiger partial charge on any atom is 0.191 e. The Balaban J connectivity index is 0.00000392. The number of benzene rings is 1. The van der Waals surface area contributed by atoms with Crippen LogP contribution in [0.2, 0.25) is 0 Å². The summed E-state index contributed by atoms with van der Waals surface area (Å²) in [6.45, 7) is 11.1. The highest BCUT2D eigenvalue weighted by Gasteiger charge is 2.35. The zero-order chi connectivity index (χ0) is 19.9. The Hall–Kier alpha value is -1.09. The molecule has 0 bridgehead atoms. The third kappa shape index (κ3) is 7.39. The molecule has 28 heavy (non-hydrogen) atoms. The van der Waals surface area contributed by atoms with Crippen molar-refractivity contribution in [2.24, 2.45) is 16.3 Å². The molecule has 2 unspecified atom stereocenters. The smallest absolute Gasteiger partial charge is 0.191 e. The van der Waals surface area contributed by atoms with E-state index in [0.29, 0.717) is 25.0 Å². The molecule has 0 spiro atoms. The number of aliphatic imine (C=N–C) groups is 1. The van der Waals surface area contributed by atoms with Gasteiger partial charge in [-0.3, -0.25) is 4.99 Å². The minimum atomic E-state index is -0.341. The second kappa shape index (κ2) is 11.8. The van der Waals surface area contributed by atoms with Crippen LogP contribution in [-0.4, -0.2) is 38.9 Å². The molecule has 0 aromatic heterocycles. The van der Waals surface area contributed by atoms with Gasteiger partial charge in [0, 0.05) is 32.7 Å². The fraction of sp³-hybridized carbons (Fsp3) is 0.667. The van der Waals surface area contributed by atoms with Gasteiger partial charge in [0.1, 0.15) is 0 Å². The van der Waals surface area contributed by atoms with Crippen LogP contribution in [0, 0.1) is 17.2 Å². The Bertz CT molecular complexity index is 635. The maximum atomic E-state index is 14.0. The molecule has 2 rings (SSSR count). The molecule has 0 saturated carbocycles. The summed E-state index contributed by atoms with van der Waals surface area (Å²) in [6, 6.07) is 5.02. The molecule has 1 saturated heterocycles. The van der Waals surface area contributed by atoms with Crippen molar-refractivity contribution in [3.8, 4) is 5.75 Å². The molecule has 7 heteroatoms. The van der Waals surface area contributed by atoms with Gasteiger partial charge in [0.2, 0.25) is 0 Å². The number of ether oxygens (including phenoxy) is 2. The highest BCUT2D eigenvalue weighted by molar-refractivity contribution is 14.0. The van der Waals surface area contributed by atoms with Gasteiger partial charge in [0.05, 0.1) is 12.7 Å². The summed E-state index contributed by atoms with van der Waals surface area (Å²) in [6.07, 6.45) is 2.48. The van der Waals surface area contributed by atoms with E-state index in [1.165, 1.54) is 6.07 Å². The minimum absolute atomic E-state index is 0. The Morgan fingerprint density at radius 2 is 2.07 bits per heavy atom. The molecule has 1 heterocycles. The van der Waals surface area contributed by atoms with E-state index >= 15 is 0 Å². The van der Waals surface area contributed by atoms with Gasteiger partial charge in [-0.1, -0.05) is 26.8 Å². The van der Waals surface area contributed by atoms with Crippen molar-refractivity contribution < 1.29 is 13.9 Å². The van der Waals surface area contributed by atoms with Crippen molar-refractivity contribution in [3.05, 3.63) is 29.6 Å². The summed E-state index contributed by atoms with van der Waals surface area (Å²) in [5.41, 5.74) is 0.955. The lowest BCUT2D eigenvalue weighted by Gasteiger charge is -2.40.